The van der Waals surface area contributed by atoms with Crippen molar-refractivity contribution in [1.29, 1.82) is 0 Å². The van der Waals surface area contributed by atoms with Crippen molar-refractivity contribution in [2.24, 2.45) is 0 Å². The summed E-state index contributed by atoms with van der Waals surface area (Å²) in [4.78, 5) is 16.3. The van der Waals surface area contributed by atoms with Crippen LogP contribution >= 0.6 is 0 Å². The highest BCUT2D eigenvalue weighted by Gasteiger charge is 2.21. The van der Waals surface area contributed by atoms with Crippen LogP contribution < -0.4 is 0 Å². The fourth-order valence-electron chi connectivity index (χ4n) is 3.61. The third kappa shape index (κ3) is 5.37. The Hall–Kier alpha value is -2.82. The number of halogens is 2. The number of carbonyl (C=O) groups excluding carboxylic acids is 1. The summed E-state index contributed by atoms with van der Waals surface area (Å²) in [7, 11) is 0. The molecule has 0 bridgehead atoms. The zero-order valence-electron chi connectivity index (χ0n) is 16.9. The van der Waals surface area contributed by atoms with Crippen molar-refractivity contribution in [2.75, 3.05) is 0 Å². The molecule has 0 aliphatic rings. The van der Waals surface area contributed by atoms with Crippen molar-refractivity contribution in [1.82, 2.24) is 9.55 Å². The summed E-state index contributed by atoms with van der Waals surface area (Å²) < 4.78 is 30.1. The second-order valence-electron chi connectivity index (χ2n) is 7.45. The van der Waals surface area contributed by atoms with Crippen molar-refractivity contribution in [3.8, 4) is 11.3 Å². The Balaban J connectivity index is 2.04. The van der Waals surface area contributed by atoms with E-state index in [1.54, 1.807) is 13.1 Å². The van der Waals surface area contributed by atoms with E-state index < -0.39 is 11.6 Å². The van der Waals surface area contributed by atoms with Gasteiger partial charge in [-0.3, -0.25) is 0 Å². The van der Waals surface area contributed by atoms with Gasteiger partial charge in [0.15, 0.2) is 0 Å². The average molecular weight is 396 g/mol. The van der Waals surface area contributed by atoms with E-state index in [2.05, 4.69) is 6.92 Å². The fourth-order valence-corrected chi connectivity index (χ4v) is 3.61. The van der Waals surface area contributed by atoms with E-state index in [-0.39, 0.29) is 17.3 Å². The first-order chi connectivity index (χ1) is 14.0. The zero-order valence-corrected chi connectivity index (χ0v) is 16.9. The van der Waals surface area contributed by atoms with Crippen LogP contribution in [-0.4, -0.2) is 15.3 Å². The molecule has 0 saturated heterocycles. The molecule has 0 radical (unpaired) electrons. The lowest BCUT2D eigenvalue weighted by Gasteiger charge is -2.17. The van der Waals surface area contributed by atoms with Gasteiger partial charge in [0.2, 0.25) is 0 Å². The maximum absolute atomic E-state index is 14.4. The van der Waals surface area contributed by atoms with Gasteiger partial charge in [-0.25, -0.2) is 13.8 Å². The normalized spacial score (nSPS) is 12.1. The maximum atomic E-state index is 14.4. The summed E-state index contributed by atoms with van der Waals surface area (Å²) in [5.41, 5.74) is 1.66. The van der Waals surface area contributed by atoms with Crippen LogP contribution in [0.5, 0.6) is 0 Å². The molecule has 0 fully saturated rings. The highest BCUT2D eigenvalue weighted by atomic mass is 19.1. The molecule has 0 N–H and O–H groups in total. The minimum Gasteiger partial charge on any atom is -0.330 e. The first-order valence-electron chi connectivity index (χ1n) is 10.0. The van der Waals surface area contributed by atoms with Crippen LogP contribution in [0.1, 0.15) is 56.8 Å². The van der Waals surface area contributed by atoms with Crippen LogP contribution in [0.25, 0.3) is 11.3 Å². The van der Waals surface area contributed by atoms with Gasteiger partial charge in [-0.2, -0.15) is 0 Å². The molecule has 2 aromatic carbocycles. The van der Waals surface area contributed by atoms with Crippen LogP contribution in [-0.2, 0) is 11.3 Å². The molecule has 3 nitrogen and oxygen atoms in total. The van der Waals surface area contributed by atoms with E-state index in [0.29, 0.717) is 25.1 Å². The van der Waals surface area contributed by atoms with Crippen molar-refractivity contribution in [2.45, 2.75) is 52.0 Å². The van der Waals surface area contributed by atoms with Gasteiger partial charge < -0.3 is 9.36 Å². The van der Waals surface area contributed by atoms with E-state index in [1.807, 2.05) is 34.9 Å². The molecule has 1 aromatic heterocycles. The summed E-state index contributed by atoms with van der Waals surface area (Å²) in [6, 6.07) is 13.4. The lowest BCUT2D eigenvalue weighted by Crippen LogP contribution is -2.11. The Morgan fingerprint density at radius 1 is 1.10 bits per heavy atom. The lowest BCUT2D eigenvalue weighted by molar-refractivity contribution is -0.117. The highest BCUT2D eigenvalue weighted by Crippen LogP contribution is 2.31. The van der Waals surface area contributed by atoms with Gasteiger partial charge in [-0.15, -0.1) is 0 Å². The standard InChI is InChI=1S/C24H26F2N2O/c1-3-7-19(11-10-17(2)29)24-27-23(21-14-20(25)12-13-22(21)26)16-28(24)15-18-8-5-4-6-9-18/h4-6,8-9,12-14,16,19H,3,7,10-11,15H2,1-2H3. The molecule has 0 aliphatic heterocycles. The SMILES string of the molecule is CCCC(CCC(C)=O)c1nc(-c2cc(F)ccc2F)cn1Cc1ccccc1. The van der Waals surface area contributed by atoms with Crippen LogP contribution in [0.15, 0.2) is 54.7 Å². The summed E-state index contributed by atoms with van der Waals surface area (Å²) in [5, 5.41) is 0. The van der Waals surface area contributed by atoms with E-state index in [0.717, 1.165) is 36.4 Å². The lowest BCUT2D eigenvalue weighted by atomic mass is 9.96. The van der Waals surface area contributed by atoms with E-state index >= 15 is 0 Å². The number of carbonyl (C=O) groups is 1. The van der Waals surface area contributed by atoms with Crippen molar-refractivity contribution >= 4 is 5.78 Å². The van der Waals surface area contributed by atoms with Crippen LogP contribution in [0.4, 0.5) is 8.78 Å². The van der Waals surface area contributed by atoms with Gasteiger partial charge in [0.1, 0.15) is 23.2 Å². The number of nitrogens with zero attached hydrogens (tertiary/aromatic N) is 2. The molecule has 0 aliphatic carbocycles. The molecule has 3 rings (SSSR count). The molecule has 1 atom stereocenters. The maximum Gasteiger partial charge on any atom is 0.132 e. The number of aromatic nitrogens is 2. The zero-order chi connectivity index (χ0) is 20.8. The molecular formula is C24H26F2N2O. The van der Waals surface area contributed by atoms with Crippen molar-refractivity contribution < 1.29 is 13.6 Å². The first kappa shape index (κ1) is 20.9. The van der Waals surface area contributed by atoms with Crippen LogP contribution in [0, 0.1) is 11.6 Å². The largest absolute Gasteiger partial charge is 0.330 e. The number of hydrogen-bond donors (Lipinski definition) is 0. The monoisotopic (exact) mass is 396 g/mol. The second-order valence-corrected chi connectivity index (χ2v) is 7.45. The number of imidazole rings is 1. The molecule has 152 valence electrons. The van der Waals surface area contributed by atoms with E-state index in [4.69, 9.17) is 4.98 Å². The molecule has 5 heteroatoms. The van der Waals surface area contributed by atoms with Gasteiger partial charge >= 0.3 is 0 Å². The minimum atomic E-state index is -0.502. The minimum absolute atomic E-state index is 0.0815. The molecule has 3 aromatic rings. The van der Waals surface area contributed by atoms with Crippen LogP contribution in [0.2, 0.25) is 0 Å². The molecular weight excluding hydrogens is 370 g/mol. The molecule has 1 unspecified atom stereocenters. The quantitative estimate of drug-likeness (QED) is 0.436. The number of ketones is 1. The summed E-state index contributed by atoms with van der Waals surface area (Å²) in [6.45, 7) is 4.27. The van der Waals surface area contributed by atoms with E-state index in [1.165, 1.54) is 6.07 Å². The molecule has 0 amide bonds. The number of benzene rings is 2. The van der Waals surface area contributed by atoms with Gasteiger partial charge in [-0.05, 0) is 43.5 Å². The van der Waals surface area contributed by atoms with Crippen LogP contribution in [0.3, 0.4) is 0 Å². The average Bonchev–Trinajstić information content (AvgIpc) is 3.11. The van der Waals surface area contributed by atoms with Crippen molar-refractivity contribution in [3.63, 3.8) is 0 Å². The predicted octanol–water partition coefficient (Wildman–Crippen LogP) is 6.13. The van der Waals surface area contributed by atoms with Crippen molar-refractivity contribution in [3.05, 3.63) is 77.8 Å². The fraction of sp³-hybridized carbons (Fsp3) is 0.333. The van der Waals surface area contributed by atoms with Gasteiger partial charge in [0.25, 0.3) is 0 Å². The molecule has 0 spiro atoms. The Bertz CT molecular complexity index is 966. The summed E-state index contributed by atoms with van der Waals surface area (Å²) >= 11 is 0. The predicted molar refractivity (Wildman–Crippen MR) is 111 cm³/mol. The molecule has 1 heterocycles. The summed E-state index contributed by atoms with van der Waals surface area (Å²) in [6.07, 6.45) is 4.79. The smallest absolute Gasteiger partial charge is 0.132 e. The number of Topliss-reactive ketones (excluding diaryl/α,β-unsaturated/α-hetero) is 1. The van der Waals surface area contributed by atoms with Gasteiger partial charge in [-0.1, -0.05) is 43.7 Å². The Labute approximate surface area is 170 Å². The first-order valence-corrected chi connectivity index (χ1v) is 10.0. The second kappa shape index (κ2) is 9.59. The highest BCUT2D eigenvalue weighted by molar-refractivity contribution is 5.75. The van der Waals surface area contributed by atoms with Gasteiger partial charge in [0.05, 0.1) is 5.69 Å². The number of rotatable bonds is 9. The summed E-state index contributed by atoms with van der Waals surface area (Å²) in [5.74, 6) is 0.0394. The van der Waals surface area contributed by atoms with Gasteiger partial charge in [0, 0.05) is 30.6 Å². The molecule has 0 saturated carbocycles. The third-order valence-electron chi connectivity index (χ3n) is 5.05. The third-order valence-corrected chi connectivity index (χ3v) is 5.05. The Morgan fingerprint density at radius 2 is 1.86 bits per heavy atom. The topological polar surface area (TPSA) is 34.9 Å². The van der Waals surface area contributed by atoms with E-state index in [9.17, 15) is 13.6 Å². The number of hydrogen-bond acceptors (Lipinski definition) is 2. The Morgan fingerprint density at radius 3 is 2.55 bits per heavy atom. The Kier molecular flexibility index (Phi) is 6.91. The molecule has 29 heavy (non-hydrogen) atoms.